The average molecular weight is 287 g/mol. The van der Waals surface area contributed by atoms with Crippen LogP contribution < -0.4 is 5.56 Å². The third kappa shape index (κ3) is 2.65. The van der Waals surface area contributed by atoms with E-state index in [-0.39, 0.29) is 11.4 Å². The summed E-state index contributed by atoms with van der Waals surface area (Å²) in [6.45, 7) is 1.99. The second-order valence-electron chi connectivity index (χ2n) is 5.02. The van der Waals surface area contributed by atoms with E-state index in [0.717, 1.165) is 11.1 Å². The second kappa shape index (κ2) is 5.66. The number of H-pyrrole nitrogens is 1. The maximum atomic E-state index is 12.1. The smallest absolute Gasteiger partial charge is 0.259 e. The molecule has 22 heavy (non-hydrogen) atoms. The van der Waals surface area contributed by atoms with Crippen molar-refractivity contribution in [2.24, 2.45) is 0 Å². The Morgan fingerprint density at radius 1 is 1.23 bits per heavy atom. The van der Waals surface area contributed by atoms with Crippen LogP contribution in [-0.4, -0.2) is 9.97 Å². The molecular weight excluding hydrogens is 274 g/mol. The van der Waals surface area contributed by atoms with Crippen molar-refractivity contribution in [3.05, 3.63) is 75.8 Å². The third-order valence-corrected chi connectivity index (χ3v) is 3.34. The van der Waals surface area contributed by atoms with Gasteiger partial charge >= 0.3 is 0 Å². The minimum atomic E-state index is -0.244. The molecule has 0 aliphatic carbocycles. The molecule has 106 valence electrons. The highest BCUT2D eigenvalue weighted by Gasteiger charge is 2.08. The lowest BCUT2D eigenvalue weighted by atomic mass is 10.1. The molecule has 0 saturated carbocycles. The van der Waals surface area contributed by atoms with Gasteiger partial charge < -0.3 is 4.98 Å². The van der Waals surface area contributed by atoms with Gasteiger partial charge in [0, 0.05) is 0 Å². The Balaban J connectivity index is 2.16. The van der Waals surface area contributed by atoms with Gasteiger partial charge in [0.05, 0.1) is 16.5 Å². The molecule has 2 aromatic carbocycles. The van der Waals surface area contributed by atoms with Crippen LogP contribution in [-0.2, 0) is 0 Å². The first-order chi connectivity index (χ1) is 10.7. The Morgan fingerprint density at radius 3 is 2.82 bits per heavy atom. The lowest BCUT2D eigenvalue weighted by molar-refractivity contribution is 1.13. The monoisotopic (exact) mass is 287 g/mol. The predicted octanol–water partition coefficient (Wildman–Crippen LogP) is 3.30. The lowest BCUT2D eigenvalue weighted by Crippen LogP contribution is -2.11. The van der Waals surface area contributed by atoms with Crippen LogP contribution in [0, 0.1) is 18.3 Å². The van der Waals surface area contributed by atoms with Crippen LogP contribution >= 0.6 is 0 Å². The predicted molar refractivity (Wildman–Crippen MR) is 87.0 cm³/mol. The number of nitrogens with one attached hydrogen (secondary N) is 1. The first-order valence-electron chi connectivity index (χ1n) is 6.85. The summed E-state index contributed by atoms with van der Waals surface area (Å²) in [4.78, 5) is 19.2. The number of rotatable bonds is 2. The standard InChI is InChI=1S/C18H13N3O/c1-12-5-4-6-13(9-12)10-14(11-19)17-20-16-8-3-2-7-15(16)18(22)21-17/h2-10H,1H3,(H,20,21,22). The van der Waals surface area contributed by atoms with E-state index >= 15 is 0 Å². The molecule has 1 heterocycles. The number of aromatic amines is 1. The summed E-state index contributed by atoms with van der Waals surface area (Å²) < 4.78 is 0. The van der Waals surface area contributed by atoms with Gasteiger partial charge in [-0.25, -0.2) is 4.98 Å². The topological polar surface area (TPSA) is 69.5 Å². The van der Waals surface area contributed by atoms with Crippen molar-refractivity contribution in [3.63, 3.8) is 0 Å². The fraction of sp³-hybridized carbons (Fsp3) is 0.0556. The highest BCUT2D eigenvalue weighted by atomic mass is 16.1. The summed E-state index contributed by atoms with van der Waals surface area (Å²) in [5.74, 6) is 0.285. The van der Waals surface area contributed by atoms with Crippen LogP contribution in [0.5, 0.6) is 0 Å². The SMILES string of the molecule is Cc1cccc(C=C(C#N)c2nc3ccccc3c(=O)[nH]2)c1. The van der Waals surface area contributed by atoms with Gasteiger partial charge in [-0.1, -0.05) is 42.0 Å². The van der Waals surface area contributed by atoms with Crippen LogP contribution in [0.15, 0.2) is 53.3 Å². The minimum Gasteiger partial charge on any atom is -0.305 e. The molecule has 0 amide bonds. The molecule has 0 unspecified atom stereocenters. The van der Waals surface area contributed by atoms with Gasteiger partial charge in [-0.05, 0) is 30.7 Å². The fourth-order valence-electron chi connectivity index (χ4n) is 2.29. The van der Waals surface area contributed by atoms with Crippen LogP contribution in [0.3, 0.4) is 0 Å². The van der Waals surface area contributed by atoms with Crippen molar-refractivity contribution >= 4 is 22.6 Å². The summed E-state index contributed by atoms with van der Waals surface area (Å²) in [7, 11) is 0. The van der Waals surface area contributed by atoms with Gasteiger partial charge in [-0.15, -0.1) is 0 Å². The van der Waals surface area contributed by atoms with Crippen molar-refractivity contribution < 1.29 is 0 Å². The van der Waals surface area contributed by atoms with Gasteiger partial charge in [0.1, 0.15) is 6.07 Å². The summed E-state index contributed by atoms with van der Waals surface area (Å²) >= 11 is 0. The Kier molecular flexibility index (Phi) is 3.55. The van der Waals surface area contributed by atoms with E-state index in [1.165, 1.54) is 0 Å². The van der Waals surface area contributed by atoms with Crippen molar-refractivity contribution in [3.8, 4) is 6.07 Å². The van der Waals surface area contributed by atoms with Crippen molar-refractivity contribution in [2.75, 3.05) is 0 Å². The molecule has 4 nitrogen and oxygen atoms in total. The molecule has 0 aliphatic heterocycles. The molecule has 0 aliphatic rings. The Labute approximate surface area is 127 Å². The van der Waals surface area contributed by atoms with Crippen LogP contribution in [0.1, 0.15) is 17.0 Å². The van der Waals surface area contributed by atoms with Gasteiger partial charge in [0.2, 0.25) is 0 Å². The fourth-order valence-corrected chi connectivity index (χ4v) is 2.29. The summed E-state index contributed by atoms with van der Waals surface area (Å²) in [6, 6.07) is 17.0. The Hall–Kier alpha value is -3.19. The van der Waals surface area contributed by atoms with Gasteiger partial charge in [-0.3, -0.25) is 4.79 Å². The minimum absolute atomic E-state index is 0.244. The van der Waals surface area contributed by atoms with Crippen LogP contribution in [0.4, 0.5) is 0 Å². The largest absolute Gasteiger partial charge is 0.305 e. The normalized spacial score (nSPS) is 11.4. The van der Waals surface area contributed by atoms with E-state index in [0.29, 0.717) is 16.5 Å². The summed E-state index contributed by atoms with van der Waals surface area (Å²) in [5, 5.41) is 9.91. The Morgan fingerprint density at radius 2 is 2.05 bits per heavy atom. The molecule has 3 aromatic rings. The van der Waals surface area contributed by atoms with E-state index < -0.39 is 0 Å². The van der Waals surface area contributed by atoms with Crippen molar-refractivity contribution in [1.29, 1.82) is 5.26 Å². The molecule has 3 rings (SSSR count). The molecule has 4 heteroatoms. The first kappa shape index (κ1) is 13.8. The van der Waals surface area contributed by atoms with E-state index in [4.69, 9.17) is 0 Å². The van der Waals surface area contributed by atoms with Gasteiger partial charge in [0.15, 0.2) is 5.82 Å². The lowest BCUT2D eigenvalue weighted by Gasteiger charge is -2.02. The summed E-state index contributed by atoms with van der Waals surface area (Å²) in [5.41, 5.74) is 2.66. The zero-order chi connectivity index (χ0) is 15.5. The number of nitrogens with zero attached hydrogens (tertiary/aromatic N) is 2. The number of benzene rings is 2. The average Bonchev–Trinajstić information content (AvgIpc) is 2.52. The molecule has 0 saturated heterocycles. The molecule has 0 bridgehead atoms. The zero-order valence-electron chi connectivity index (χ0n) is 12.0. The molecule has 0 atom stereocenters. The van der Waals surface area contributed by atoms with E-state index in [1.54, 1.807) is 24.3 Å². The van der Waals surface area contributed by atoms with Crippen LogP contribution in [0.25, 0.3) is 22.6 Å². The van der Waals surface area contributed by atoms with E-state index in [9.17, 15) is 10.1 Å². The van der Waals surface area contributed by atoms with Crippen LogP contribution in [0.2, 0.25) is 0 Å². The quantitative estimate of drug-likeness (QED) is 0.735. The highest BCUT2D eigenvalue weighted by Crippen LogP contribution is 2.16. The molecule has 0 radical (unpaired) electrons. The van der Waals surface area contributed by atoms with E-state index in [2.05, 4.69) is 16.0 Å². The highest BCUT2D eigenvalue weighted by molar-refractivity contribution is 5.89. The number of aryl methyl sites for hydroxylation is 1. The molecular formula is C18H13N3O. The third-order valence-electron chi connectivity index (χ3n) is 3.34. The zero-order valence-corrected chi connectivity index (χ0v) is 12.0. The number of aromatic nitrogens is 2. The molecule has 0 fully saturated rings. The van der Waals surface area contributed by atoms with Crippen molar-refractivity contribution in [1.82, 2.24) is 9.97 Å². The number of allylic oxidation sites excluding steroid dienone is 1. The van der Waals surface area contributed by atoms with Crippen molar-refractivity contribution in [2.45, 2.75) is 6.92 Å². The number of hydrogen-bond donors (Lipinski definition) is 1. The summed E-state index contributed by atoms with van der Waals surface area (Å²) in [6.07, 6.45) is 1.72. The molecule has 1 aromatic heterocycles. The second-order valence-corrected chi connectivity index (χ2v) is 5.02. The van der Waals surface area contributed by atoms with Gasteiger partial charge in [0.25, 0.3) is 5.56 Å². The number of nitriles is 1. The molecule has 0 spiro atoms. The Bertz CT molecular complexity index is 977. The molecule has 1 N–H and O–H groups in total. The van der Waals surface area contributed by atoms with Gasteiger partial charge in [-0.2, -0.15) is 5.26 Å². The van der Waals surface area contributed by atoms with E-state index in [1.807, 2.05) is 37.3 Å². The maximum absolute atomic E-state index is 12.1. The maximum Gasteiger partial charge on any atom is 0.259 e. The number of hydrogen-bond acceptors (Lipinski definition) is 3. The first-order valence-corrected chi connectivity index (χ1v) is 6.85. The number of para-hydroxylation sites is 1. The number of fused-ring (bicyclic) bond motifs is 1.